The molecule has 1 aliphatic rings. The number of carbonyl (C=O) groups is 1. The van der Waals surface area contributed by atoms with Crippen molar-refractivity contribution in [3.63, 3.8) is 0 Å². The molecule has 0 aromatic heterocycles. The van der Waals surface area contributed by atoms with Gasteiger partial charge in [0.05, 0.1) is 30.9 Å². The summed E-state index contributed by atoms with van der Waals surface area (Å²) < 4.78 is 5.26. The molecule has 0 aliphatic carbocycles. The molecule has 1 saturated heterocycles. The van der Waals surface area contributed by atoms with E-state index in [0.717, 1.165) is 5.69 Å². The third-order valence-corrected chi connectivity index (χ3v) is 3.30. The molecule has 1 heterocycles. The molecule has 2 rings (SSSR count). The highest BCUT2D eigenvalue weighted by atomic mass is 16.5. The molecule has 1 aromatic carbocycles. The average Bonchev–Trinajstić information content (AvgIpc) is 2.73. The Kier molecular flexibility index (Phi) is 3.21. The minimum Gasteiger partial charge on any atom is -0.481 e. The third kappa shape index (κ3) is 2.15. The molecule has 94 valence electrons. The largest absolute Gasteiger partial charge is 0.481 e. The van der Waals surface area contributed by atoms with Crippen molar-refractivity contribution in [2.45, 2.75) is 13.0 Å². The molecule has 1 aliphatic heterocycles. The van der Waals surface area contributed by atoms with Crippen LogP contribution in [-0.4, -0.2) is 30.3 Å². The van der Waals surface area contributed by atoms with Gasteiger partial charge in [-0.1, -0.05) is 0 Å². The van der Waals surface area contributed by atoms with Crippen LogP contribution < -0.4 is 5.32 Å². The molecule has 2 N–H and O–H groups in total. The van der Waals surface area contributed by atoms with Gasteiger partial charge in [-0.2, -0.15) is 5.26 Å². The Morgan fingerprint density at radius 1 is 1.56 bits per heavy atom. The number of benzene rings is 1. The second-order valence-corrected chi connectivity index (χ2v) is 4.62. The lowest BCUT2D eigenvalue weighted by molar-refractivity contribution is -0.148. The second kappa shape index (κ2) is 4.67. The monoisotopic (exact) mass is 246 g/mol. The predicted octanol–water partition coefficient (Wildman–Crippen LogP) is 1.46. The summed E-state index contributed by atoms with van der Waals surface area (Å²) in [6.07, 6.45) is 0. The normalized spacial score (nSPS) is 26.6. The number of hydrogen-bond donors (Lipinski definition) is 2. The number of aliphatic carboxylic acids is 1. The molecule has 5 heteroatoms. The summed E-state index contributed by atoms with van der Waals surface area (Å²) in [7, 11) is 0. The Morgan fingerprint density at radius 2 is 2.22 bits per heavy atom. The van der Waals surface area contributed by atoms with Gasteiger partial charge in [-0.05, 0) is 31.2 Å². The molecule has 5 nitrogen and oxygen atoms in total. The Labute approximate surface area is 105 Å². The first-order chi connectivity index (χ1) is 8.56. The molecule has 2 unspecified atom stereocenters. The highest BCUT2D eigenvalue weighted by Crippen LogP contribution is 2.31. The first kappa shape index (κ1) is 12.4. The molecule has 1 fully saturated rings. The van der Waals surface area contributed by atoms with Gasteiger partial charge in [0.15, 0.2) is 0 Å². The lowest BCUT2D eigenvalue weighted by atomic mass is 9.85. The van der Waals surface area contributed by atoms with Gasteiger partial charge in [-0.25, -0.2) is 0 Å². The number of rotatable bonds is 3. The first-order valence-corrected chi connectivity index (χ1v) is 5.64. The summed E-state index contributed by atoms with van der Waals surface area (Å²) in [5.74, 6) is -0.869. The highest BCUT2D eigenvalue weighted by molar-refractivity contribution is 5.76. The fourth-order valence-corrected chi connectivity index (χ4v) is 1.93. The standard InChI is InChI=1S/C13H14N2O3/c1-13(12(16)17)8-18-7-11(13)15-10-4-2-9(6-14)3-5-10/h2-5,11,15H,7-8H2,1H3,(H,16,17). The van der Waals surface area contributed by atoms with E-state index in [1.54, 1.807) is 31.2 Å². The Balaban J connectivity index is 2.13. The zero-order valence-electron chi connectivity index (χ0n) is 10.0. The van der Waals surface area contributed by atoms with Gasteiger partial charge in [0.2, 0.25) is 0 Å². The van der Waals surface area contributed by atoms with Crippen LogP contribution in [0.2, 0.25) is 0 Å². The van der Waals surface area contributed by atoms with E-state index in [4.69, 9.17) is 10.00 Å². The van der Waals surface area contributed by atoms with E-state index in [2.05, 4.69) is 5.32 Å². The highest BCUT2D eigenvalue weighted by Gasteiger charge is 2.46. The van der Waals surface area contributed by atoms with Gasteiger partial charge in [-0.15, -0.1) is 0 Å². The van der Waals surface area contributed by atoms with E-state index in [-0.39, 0.29) is 12.6 Å². The molecular weight excluding hydrogens is 232 g/mol. The molecule has 0 amide bonds. The van der Waals surface area contributed by atoms with Gasteiger partial charge in [0, 0.05) is 5.69 Å². The fraction of sp³-hybridized carbons (Fsp3) is 0.385. The number of hydrogen-bond acceptors (Lipinski definition) is 4. The van der Waals surface area contributed by atoms with Crippen LogP contribution in [0.3, 0.4) is 0 Å². The predicted molar refractivity (Wildman–Crippen MR) is 65.1 cm³/mol. The number of nitrogens with zero attached hydrogens (tertiary/aromatic N) is 1. The smallest absolute Gasteiger partial charge is 0.313 e. The van der Waals surface area contributed by atoms with Crippen molar-refractivity contribution in [2.75, 3.05) is 18.5 Å². The SMILES string of the molecule is CC1(C(=O)O)COCC1Nc1ccc(C#N)cc1. The Hall–Kier alpha value is -2.06. The Morgan fingerprint density at radius 3 is 2.78 bits per heavy atom. The van der Waals surface area contributed by atoms with Gasteiger partial charge in [-0.3, -0.25) is 4.79 Å². The van der Waals surface area contributed by atoms with Crippen molar-refractivity contribution >= 4 is 11.7 Å². The minimum absolute atomic E-state index is 0.205. The number of nitrogens with one attached hydrogen (secondary N) is 1. The quantitative estimate of drug-likeness (QED) is 0.843. The van der Waals surface area contributed by atoms with E-state index < -0.39 is 11.4 Å². The lowest BCUT2D eigenvalue weighted by Crippen LogP contribution is -2.43. The lowest BCUT2D eigenvalue weighted by Gasteiger charge is -2.26. The molecule has 1 aromatic rings. The van der Waals surface area contributed by atoms with Gasteiger partial charge >= 0.3 is 5.97 Å². The van der Waals surface area contributed by atoms with Crippen molar-refractivity contribution in [1.82, 2.24) is 0 Å². The summed E-state index contributed by atoms with van der Waals surface area (Å²) in [6.45, 7) is 2.24. The van der Waals surface area contributed by atoms with Crippen LogP contribution in [0.15, 0.2) is 24.3 Å². The van der Waals surface area contributed by atoms with Crippen molar-refractivity contribution in [1.29, 1.82) is 5.26 Å². The molecule has 0 radical (unpaired) electrons. The maximum absolute atomic E-state index is 11.3. The number of ether oxygens (including phenoxy) is 1. The van der Waals surface area contributed by atoms with Crippen molar-refractivity contribution in [3.05, 3.63) is 29.8 Å². The van der Waals surface area contributed by atoms with Gasteiger partial charge in [0.25, 0.3) is 0 Å². The molecule has 2 atom stereocenters. The second-order valence-electron chi connectivity index (χ2n) is 4.62. The summed E-state index contributed by atoms with van der Waals surface area (Å²) in [6, 6.07) is 8.67. The number of anilines is 1. The van der Waals surface area contributed by atoms with Crippen LogP contribution in [0.1, 0.15) is 12.5 Å². The molecule has 0 saturated carbocycles. The molecule has 18 heavy (non-hydrogen) atoms. The van der Waals surface area contributed by atoms with Crippen LogP contribution >= 0.6 is 0 Å². The average molecular weight is 246 g/mol. The summed E-state index contributed by atoms with van der Waals surface area (Å²) in [4.78, 5) is 11.3. The van der Waals surface area contributed by atoms with Crippen LogP contribution in [0.25, 0.3) is 0 Å². The third-order valence-electron chi connectivity index (χ3n) is 3.30. The zero-order chi connectivity index (χ0) is 13.2. The van der Waals surface area contributed by atoms with Crippen LogP contribution in [-0.2, 0) is 9.53 Å². The summed E-state index contributed by atoms with van der Waals surface area (Å²) >= 11 is 0. The van der Waals surface area contributed by atoms with Crippen LogP contribution in [0.5, 0.6) is 0 Å². The van der Waals surface area contributed by atoms with E-state index in [0.29, 0.717) is 12.2 Å². The first-order valence-electron chi connectivity index (χ1n) is 5.64. The molecular formula is C13H14N2O3. The van der Waals surface area contributed by atoms with E-state index in [1.165, 1.54) is 0 Å². The van der Waals surface area contributed by atoms with Crippen molar-refractivity contribution in [2.24, 2.45) is 5.41 Å². The Bertz CT molecular complexity index is 492. The van der Waals surface area contributed by atoms with E-state index in [9.17, 15) is 9.90 Å². The van der Waals surface area contributed by atoms with E-state index in [1.807, 2.05) is 6.07 Å². The van der Waals surface area contributed by atoms with Gasteiger partial charge in [0.1, 0.15) is 5.41 Å². The van der Waals surface area contributed by atoms with Crippen molar-refractivity contribution < 1.29 is 14.6 Å². The van der Waals surface area contributed by atoms with E-state index >= 15 is 0 Å². The topological polar surface area (TPSA) is 82.3 Å². The zero-order valence-corrected chi connectivity index (χ0v) is 10.0. The fourth-order valence-electron chi connectivity index (χ4n) is 1.93. The number of carboxylic acid groups (broad SMARTS) is 1. The van der Waals surface area contributed by atoms with Gasteiger partial charge < -0.3 is 15.2 Å². The summed E-state index contributed by atoms with van der Waals surface area (Å²) in [5.41, 5.74) is 0.439. The maximum Gasteiger partial charge on any atom is 0.313 e. The van der Waals surface area contributed by atoms with Crippen LogP contribution in [0.4, 0.5) is 5.69 Å². The maximum atomic E-state index is 11.3. The minimum atomic E-state index is -0.923. The molecule has 0 spiro atoms. The molecule has 0 bridgehead atoms. The van der Waals surface area contributed by atoms with Crippen molar-refractivity contribution in [3.8, 4) is 6.07 Å². The number of carboxylic acids is 1. The number of nitriles is 1. The summed E-state index contributed by atoms with van der Waals surface area (Å²) in [5, 5.41) is 21.1. The van der Waals surface area contributed by atoms with Crippen LogP contribution in [0, 0.1) is 16.7 Å².